The Bertz CT molecular complexity index is 719. The highest BCUT2D eigenvalue weighted by Crippen LogP contribution is 2.33. The Morgan fingerprint density at radius 2 is 1.95 bits per heavy atom. The predicted octanol–water partition coefficient (Wildman–Crippen LogP) is 3.07. The van der Waals surface area contributed by atoms with E-state index in [1.54, 1.807) is 18.2 Å². The van der Waals surface area contributed by atoms with Crippen LogP contribution in [0.25, 0.3) is 0 Å². The van der Waals surface area contributed by atoms with Crippen molar-refractivity contribution in [3.05, 3.63) is 63.7 Å². The van der Waals surface area contributed by atoms with E-state index in [2.05, 4.69) is 0 Å². The molecule has 2 rings (SSSR count). The van der Waals surface area contributed by atoms with Gasteiger partial charge in [0.2, 0.25) is 5.75 Å². The standard InChI is InChI=1S/C14H8N2O4/c15-8-11-3-1-2-4-13(11)20-14-6-5-10(9-17)7-12(14)16(18)19/h1-7,9H. The van der Waals surface area contributed by atoms with Crippen LogP contribution in [0, 0.1) is 21.4 Å². The molecular weight excluding hydrogens is 260 g/mol. The van der Waals surface area contributed by atoms with E-state index in [4.69, 9.17) is 10.00 Å². The lowest BCUT2D eigenvalue weighted by Crippen LogP contribution is -1.96. The predicted molar refractivity (Wildman–Crippen MR) is 69.7 cm³/mol. The normalized spacial score (nSPS) is 9.55. The number of benzene rings is 2. The van der Waals surface area contributed by atoms with Crippen molar-refractivity contribution in [3.63, 3.8) is 0 Å². The van der Waals surface area contributed by atoms with Gasteiger partial charge in [-0.3, -0.25) is 14.9 Å². The van der Waals surface area contributed by atoms with Crippen LogP contribution in [0.1, 0.15) is 15.9 Å². The van der Waals surface area contributed by atoms with Gasteiger partial charge in [-0.15, -0.1) is 0 Å². The highest BCUT2D eigenvalue weighted by atomic mass is 16.6. The Kier molecular flexibility index (Phi) is 3.72. The third-order valence-corrected chi connectivity index (χ3v) is 2.54. The van der Waals surface area contributed by atoms with E-state index in [-0.39, 0.29) is 28.3 Å². The molecule has 0 saturated heterocycles. The van der Waals surface area contributed by atoms with Crippen molar-refractivity contribution >= 4 is 12.0 Å². The summed E-state index contributed by atoms with van der Waals surface area (Å²) >= 11 is 0. The minimum atomic E-state index is -0.642. The van der Waals surface area contributed by atoms with Gasteiger partial charge in [0.25, 0.3) is 0 Å². The van der Waals surface area contributed by atoms with Crippen LogP contribution in [0.3, 0.4) is 0 Å². The zero-order valence-corrected chi connectivity index (χ0v) is 10.1. The lowest BCUT2D eigenvalue weighted by atomic mass is 10.2. The van der Waals surface area contributed by atoms with E-state index < -0.39 is 4.92 Å². The summed E-state index contributed by atoms with van der Waals surface area (Å²) in [6, 6.07) is 12.2. The molecule has 0 aliphatic carbocycles. The van der Waals surface area contributed by atoms with E-state index in [9.17, 15) is 14.9 Å². The van der Waals surface area contributed by atoms with E-state index in [0.717, 1.165) is 6.07 Å². The van der Waals surface area contributed by atoms with Crippen LogP contribution in [0.2, 0.25) is 0 Å². The number of nitrogens with zero attached hydrogens (tertiary/aromatic N) is 2. The number of para-hydroxylation sites is 1. The molecule has 0 bridgehead atoms. The Labute approximate surface area is 114 Å². The minimum Gasteiger partial charge on any atom is -0.449 e. The summed E-state index contributed by atoms with van der Waals surface area (Å²) in [5.74, 6) is 0.195. The first-order valence-corrected chi connectivity index (χ1v) is 5.56. The van der Waals surface area contributed by atoms with Crippen LogP contribution in [-0.4, -0.2) is 11.2 Å². The molecule has 0 N–H and O–H groups in total. The first kappa shape index (κ1) is 13.2. The summed E-state index contributed by atoms with van der Waals surface area (Å²) in [6.45, 7) is 0. The zero-order chi connectivity index (χ0) is 14.5. The van der Waals surface area contributed by atoms with Gasteiger partial charge in [-0.1, -0.05) is 12.1 Å². The van der Waals surface area contributed by atoms with Crippen molar-refractivity contribution < 1.29 is 14.5 Å². The Morgan fingerprint density at radius 1 is 1.20 bits per heavy atom. The highest BCUT2D eigenvalue weighted by Gasteiger charge is 2.17. The van der Waals surface area contributed by atoms with Gasteiger partial charge in [0.05, 0.1) is 10.5 Å². The van der Waals surface area contributed by atoms with Gasteiger partial charge in [0, 0.05) is 11.6 Å². The number of carbonyl (C=O) groups is 1. The molecule has 0 heterocycles. The first-order valence-electron chi connectivity index (χ1n) is 5.56. The number of ether oxygens (including phenoxy) is 1. The maximum absolute atomic E-state index is 11.0. The average Bonchev–Trinajstić information content (AvgIpc) is 2.48. The number of aldehydes is 1. The largest absolute Gasteiger partial charge is 0.449 e. The molecule has 0 amide bonds. The van der Waals surface area contributed by atoms with Crippen LogP contribution in [0.15, 0.2) is 42.5 Å². The molecule has 20 heavy (non-hydrogen) atoms. The lowest BCUT2D eigenvalue weighted by Gasteiger charge is -2.07. The van der Waals surface area contributed by atoms with E-state index in [1.165, 1.54) is 18.2 Å². The Balaban J connectivity index is 2.46. The number of hydrogen-bond donors (Lipinski definition) is 0. The van der Waals surface area contributed by atoms with Gasteiger partial charge in [-0.05, 0) is 24.3 Å². The second-order valence-electron chi connectivity index (χ2n) is 3.81. The number of hydrogen-bond acceptors (Lipinski definition) is 5. The maximum Gasteiger partial charge on any atom is 0.312 e. The van der Waals surface area contributed by atoms with Crippen LogP contribution in [0.4, 0.5) is 5.69 Å². The van der Waals surface area contributed by atoms with Crippen LogP contribution >= 0.6 is 0 Å². The van der Waals surface area contributed by atoms with Crippen LogP contribution < -0.4 is 4.74 Å². The van der Waals surface area contributed by atoms with Crippen molar-refractivity contribution in [1.82, 2.24) is 0 Å². The monoisotopic (exact) mass is 268 g/mol. The van der Waals surface area contributed by atoms with Gasteiger partial charge in [0.1, 0.15) is 18.1 Å². The number of nitriles is 1. The second kappa shape index (κ2) is 5.63. The van der Waals surface area contributed by atoms with Gasteiger partial charge >= 0.3 is 5.69 Å². The van der Waals surface area contributed by atoms with Crippen molar-refractivity contribution in [1.29, 1.82) is 5.26 Å². The number of carbonyl (C=O) groups excluding carboxylic acids is 1. The van der Waals surface area contributed by atoms with E-state index in [1.807, 2.05) is 6.07 Å². The number of nitro groups is 1. The molecule has 0 atom stereocenters. The highest BCUT2D eigenvalue weighted by molar-refractivity contribution is 5.77. The smallest absolute Gasteiger partial charge is 0.312 e. The van der Waals surface area contributed by atoms with Gasteiger partial charge in [-0.25, -0.2) is 0 Å². The van der Waals surface area contributed by atoms with Crippen molar-refractivity contribution in [3.8, 4) is 17.6 Å². The summed E-state index contributed by atoms with van der Waals surface area (Å²) in [4.78, 5) is 21.0. The average molecular weight is 268 g/mol. The summed E-state index contributed by atoms with van der Waals surface area (Å²) in [5.41, 5.74) is 0.112. The second-order valence-corrected chi connectivity index (χ2v) is 3.81. The topological polar surface area (TPSA) is 93.2 Å². The Hall–Kier alpha value is -3.20. The third-order valence-electron chi connectivity index (χ3n) is 2.54. The SMILES string of the molecule is N#Cc1ccccc1Oc1ccc(C=O)cc1[N+](=O)[O-]. The quantitative estimate of drug-likeness (QED) is 0.482. The van der Waals surface area contributed by atoms with Crippen molar-refractivity contribution in [2.24, 2.45) is 0 Å². The van der Waals surface area contributed by atoms with E-state index in [0.29, 0.717) is 6.29 Å². The third kappa shape index (κ3) is 2.62. The molecule has 6 heteroatoms. The maximum atomic E-state index is 11.0. The molecule has 0 fully saturated rings. The molecule has 6 nitrogen and oxygen atoms in total. The molecule has 2 aromatic rings. The molecular formula is C14H8N2O4. The van der Waals surface area contributed by atoms with Crippen LogP contribution in [-0.2, 0) is 0 Å². The lowest BCUT2D eigenvalue weighted by molar-refractivity contribution is -0.385. The fourth-order valence-corrected chi connectivity index (χ4v) is 1.60. The van der Waals surface area contributed by atoms with Gasteiger partial charge in [0.15, 0.2) is 0 Å². The molecule has 2 aromatic carbocycles. The molecule has 0 unspecified atom stereocenters. The van der Waals surface area contributed by atoms with Crippen molar-refractivity contribution in [2.45, 2.75) is 0 Å². The molecule has 0 radical (unpaired) electrons. The van der Waals surface area contributed by atoms with Gasteiger partial charge in [-0.2, -0.15) is 5.26 Å². The molecule has 0 saturated carbocycles. The molecule has 0 aliphatic rings. The summed E-state index contributed by atoms with van der Waals surface area (Å²) in [6.07, 6.45) is 0.514. The summed E-state index contributed by atoms with van der Waals surface area (Å²) in [5, 5.41) is 19.9. The fraction of sp³-hybridized carbons (Fsp3) is 0. The zero-order valence-electron chi connectivity index (χ0n) is 10.1. The summed E-state index contributed by atoms with van der Waals surface area (Å²) < 4.78 is 5.41. The van der Waals surface area contributed by atoms with E-state index >= 15 is 0 Å². The first-order chi connectivity index (χ1) is 9.65. The summed E-state index contributed by atoms with van der Waals surface area (Å²) in [7, 11) is 0. The van der Waals surface area contributed by atoms with Gasteiger partial charge < -0.3 is 4.74 Å². The molecule has 0 spiro atoms. The Morgan fingerprint density at radius 3 is 2.60 bits per heavy atom. The fourth-order valence-electron chi connectivity index (χ4n) is 1.60. The molecule has 98 valence electrons. The number of nitro benzene ring substituents is 1. The van der Waals surface area contributed by atoms with Crippen molar-refractivity contribution in [2.75, 3.05) is 0 Å². The van der Waals surface area contributed by atoms with Crippen LogP contribution in [0.5, 0.6) is 11.5 Å². The number of rotatable bonds is 4. The molecule has 0 aliphatic heterocycles. The molecule has 0 aromatic heterocycles. The minimum absolute atomic E-state index is 0.0247.